The summed E-state index contributed by atoms with van der Waals surface area (Å²) in [4.78, 5) is 17.9. The third-order valence-electron chi connectivity index (χ3n) is 0.549. The topological polar surface area (TPSA) is 108 Å². The number of urea groups is 1. The van der Waals surface area contributed by atoms with Crippen LogP contribution in [0.2, 0.25) is 0 Å². The van der Waals surface area contributed by atoms with Crippen molar-refractivity contribution in [3.63, 3.8) is 0 Å². The van der Waals surface area contributed by atoms with Crippen LogP contribution in [0.15, 0.2) is 5.34 Å². The van der Waals surface area contributed by atoms with Crippen LogP contribution < -0.4 is 40.6 Å². The number of nitrogens with two attached hydrogens (primary N) is 1. The number of nitrogens with one attached hydrogen (secondary N) is 1. The van der Waals surface area contributed by atoms with Gasteiger partial charge in [-0.1, -0.05) is 6.92 Å². The van der Waals surface area contributed by atoms with Crippen LogP contribution in [-0.2, 0) is 0 Å². The monoisotopic (exact) mass is 171 g/mol. The van der Waals surface area contributed by atoms with E-state index in [1.165, 1.54) is 0 Å². The van der Waals surface area contributed by atoms with Gasteiger partial charge in [0.05, 0.1) is 0 Å². The second-order valence-corrected chi connectivity index (χ2v) is 1.37. The third-order valence-corrected chi connectivity index (χ3v) is 0.549. The molecule has 6 nitrogen and oxygen atoms in total. The largest absolute Gasteiger partial charge is 1.00 e. The molecule has 0 spiro atoms. The normalized spacial score (nSPS) is 6.27. The van der Waals surface area contributed by atoms with E-state index in [0.717, 1.165) is 11.8 Å². The Hall–Kier alpha value is -0.330. The number of nitrogens with zero attached hydrogens (tertiary/aromatic N) is 1. The van der Waals surface area contributed by atoms with Gasteiger partial charge in [0.2, 0.25) is 0 Å². The zero-order valence-corrected chi connectivity index (χ0v) is 8.66. The van der Waals surface area contributed by atoms with Gasteiger partial charge in [-0.2, -0.15) is 0 Å². The summed E-state index contributed by atoms with van der Waals surface area (Å²) in [5.74, 6) is 0. The number of amides is 2. The van der Waals surface area contributed by atoms with Crippen molar-refractivity contribution in [3.8, 4) is 0 Å². The maximum Gasteiger partial charge on any atom is 1.00 e. The first-order valence-electron chi connectivity index (χ1n) is 2.67. The van der Waals surface area contributed by atoms with Crippen LogP contribution in [-0.4, -0.2) is 12.6 Å². The van der Waals surface area contributed by atoms with E-state index >= 15 is 0 Å². The molecule has 0 fully saturated rings. The molecule has 0 rings (SSSR count). The molecule has 60 valence electrons. The van der Waals surface area contributed by atoms with Crippen molar-refractivity contribution >= 4 is 6.03 Å². The van der Waals surface area contributed by atoms with Crippen molar-refractivity contribution in [2.24, 2.45) is 11.1 Å². The maximum absolute atomic E-state index is 9.87. The fraction of sp³-hybridized carbons (Fsp3) is 0.750. The van der Waals surface area contributed by atoms with E-state index in [-0.39, 0.29) is 29.6 Å². The van der Waals surface area contributed by atoms with Gasteiger partial charge in [0, 0.05) is 6.54 Å². The molecule has 3 N–H and O–H groups in total. The van der Waals surface area contributed by atoms with E-state index < -0.39 is 6.03 Å². The predicted octanol–water partition coefficient (Wildman–Crippen LogP) is -2.68. The van der Waals surface area contributed by atoms with Crippen LogP contribution in [0.5, 0.6) is 0 Å². The summed E-state index contributed by atoms with van der Waals surface area (Å²) in [6, 6.07) is -0.443. The average molecular weight is 171 g/mol. The smallest absolute Gasteiger partial charge is 0.444 e. The number of rotatable bonds is 2. The number of hydrogen-bond acceptors (Lipinski definition) is 4. The quantitative estimate of drug-likeness (QED) is 0.268. The molecule has 0 heterocycles. The molecule has 0 aliphatic carbocycles. The Bertz CT molecular complexity index is 101. The van der Waals surface area contributed by atoms with E-state index in [4.69, 9.17) is 15.8 Å². The number of carbonyl (C=O) groups excluding carboxylic acids is 1. The molecule has 0 saturated heterocycles. The molecule has 0 aromatic heterocycles. The average Bonchev–Trinajstić information content (AvgIpc) is 1.85. The van der Waals surface area contributed by atoms with E-state index in [1.807, 2.05) is 6.92 Å². The number of carbonyl (C=O) groups is 1. The molecule has 0 aliphatic rings. The van der Waals surface area contributed by atoms with Gasteiger partial charge in [-0.25, -0.2) is 4.79 Å². The van der Waals surface area contributed by atoms with Crippen LogP contribution in [0.1, 0.15) is 13.3 Å². The number of hydrogen-bond donors (Lipinski definition) is 2. The summed E-state index contributed by atoms with van der Waals surface area (Å²) < 4.78 is 0. The van der Waals surface area contributed by atoms with Crippen molar-refractivity contribution in [1.29, 1.82) is 0 Å². The van der Waals surface area contributed by atoms with Gasteiger partial charge in [0.25, 0.3) is 0 Å². The fourth-order valence-electron chi connectivity index (χ4n) is 0.248. The first-order chi connectivity index (χ1) is 4.68. The minimum absolute atomic E-state index is 0. The van der Waals surface area contributed by atoms with Gasteiger partial charge >= 0.3 is 35.6 Å². The van der Waals surface area contributed by atoms with E-state index in [2.05, 4.69) is 5.32 Å². The Morgan fingerprint density at radius 2 is 2.09 bits per heavy atom. The van der Waals surface area contributed by atoms with Gasteiger partial charge in [-0.3, -0.25) is 0 Å². The van der Waals surface area contributed by atoms with Crippen molar-refractivity contribution in [1.82, 2.24) is 5.32 Å². The zero-order valence-electron chi connectivity index (χ0n) is 6.66. The standard InChI is InChI=1S/C4H10N2O.HNO2.Na/c1-2-3-6-4(5)7;2-1-3;/h2-3H2,1H3,(H3,5,6,7);(H,2,3);/q;;+1/p-1. The van der Waals surface area contributed by atoms with E-state index in [0.29, 0.717) is 6.54 Å². The summed E-state index contributed by atoms with van der Waals surface area (Å²) in [6.07, 6.45) is 0.933. The second-order valence-electron chi connectivity index (χ2n) is 1.37. The summed E-state index contributed by atoms with van der Waals surface area (Å²) in [5, 5.41) is 11.4. The number of primary amides is 1. The summed E-state index contributed by atoms with van der Waals surface area (Å²) >= 11 is 0. The molecular formula is C4H10N3NaO3. The minimum Gasteiger partial charge on any atom is -0.444 e. The Morgan fingerprint density at radius 1 is 1.73 bits per heavy atom. The molecule has 11 heavy (non-hydrogen) atoms. The van der Waals surface area contributed by atoms with Crippen LogP contribution in [0.3, 0.4) is 0 Å². The van der Waals surface area contributed by atoms with Crippen molar-refractivity contribution in [2.45, 2.75) is 13.3 Å². The molecule has 0 aromatic rings. The molecule has 0 atom stereocenters. The molecule has 0 aromatic carbocycles. The van der Waals surface area contributed by atoms with Gasteiger partial charge in [0.15, 0.2) is 0 Å². The van der Waals surface area contributed by atoms with Crippen LogP contribution >= 0.6 is 0 Å². The molecule has 0 saturated carbocycles. The Labute approximate surface area is 86.7 Å². The molecule has 0 aliphatic heterocycles. The predicted molar refractivity (Wildman–Crippen MR) is 37.0 cm³/mol. The summed E-state index contributed by atoms with van der Waals surface area (Å²) in [7, 11) is 0. The first-order valence-corrected chi connectivity index (χ1v) is 2.67. The van der Waals surface area contributed by atoms with Crippen LogP contribution in [0.25, 0.3) is 0 Å². The maximum atomic E-state index is 9.87. The first kappa shape index (κ1) is 17.0. The van der Waals surface area contributed by atoms with Crippen molar-refractivity contribution < 1.29 is 34.4 Å². The van der Waals surface area contributed by atoms with E-state index in [1.54, 1.807) is 0 Å². The molecule has 0 bridgehead atoms. The van der Waals surface area contributed by atoms with Crippen LogP contribution in [0, 0.1) is 10.1 Å². The van der Waals surface area contributed by atoms with Gasteiger partial charge in [-0.05, 0) is 6.42 Å². The Kier molecular flexibility index (Phi) is 25.2. The second kappa shape index (κ2) is 16.3. The SMILES string of the molecule is CCCNC(N)=O.O=N[O-].[Na+]. The van der Waals surface area contributed by atoms with Crippen molar-refractivity contribution in [2.75, 3.05) is 6.54 Å². The van der Waals surface area contributed by atoms with Crippen LogP contribution in [0.4, 0.5) is 4.79 Å². The molecule has 0 radical (unpaired) electrons. The molecule has 7 heteroatoms. The van der Waals surface area contributed by atoms with E-state index in [9.17, 15) is 4.79 Å². The fourth-order valence-corrected chi connectivity index (χ4v) is 0.248. The minimum atomic E-state index is -0.443. The van der Waals surface area contributed by atoms with Gasteiger partial charge in [-0.15, -0.1) is 5.34 Å². The molecule has 2 amide bonds. The molecule has 0 unspecified atom stereocenters. The van der Waals surface area contributed by atoms with Gasteiger partial charge in [0.1, 0.15) is 0 Å². The van der Waals surface area contributed by atoms with Crippen molar-refractivity contribution in [3.05, 3.63) is 10.1 Å². The summed E-state index contributed by atoms with van der Waals surface area (Å²) in [5.41, 5.74) is 4.73. The summed E-state index contributed by atoms with van der Waals surface area (Å²) in [6.45, 7) is 2.64. The van der Waals surface area contributed by atoms with Gasteiger partial charge < -0.3 is 21.2 Å². The Morgan fingerprint density at radius 3 is 2.18 bits per heavy atom. The Balaban J connectivity index is -0.000000140. The molecular weight excluding hydrogens is 161 g/mol. The zero-order chi connectivity index (χ0) is 8.41. The third kappa shape index (κ3) is 42.2.